The molecule has 19 heavy (non-hydrogen) atoms. The topological polar surface area (TPSA) is 57.6 Å². The molecule has 0 saturated carbocycles. The Kier molecular flexibility index (Phi) is 4.14. The zero-order valence-electron chi connectivity index (χ0n) is 11.0. The van der Waals surface area contributed by atoms with Crippen LogP contribution in [0.5, 0.6) is 0 Å². The van der Waals surface area contributed by atoms with Crippen LogP contribution in [0.2, 0.25) is 0 Å². The molecule has 1 aromatic rings. The van der Waals surface area contributed by atoms with Crippen LogP contribution < -0.4 is 4.90 Å². The summed E-state index contributed by atoms with van der Waals surface area (Å²) in [6, 6.07) is 6.10. The quantitative estimate of drug-likeness (QED) is 0.924. The van der Waals surface area contributed by atoms with Crippen LogP contribution in [0, 0.1) is 6.92 Å². The number of amides is 1. The van der Waals surface area contributed by atoms with Crippen molar-refractivity contribution in [3.05, 3.63) is 23.8 Å². The first-order valence-electron chi connectivity index (χ1n) is 6.26. The van der Waals surface area contributed by atoms with E-state index < -0.39 is 5.97 Å². The minimum atomic E-state index is -0.934. The molecule has 1 aromatic carbocycles. The third-order valence-electron chi connectivity index (χ3n) is 3.12. The zero-order chi connectivity index (χ0) is 14.0. The Morgan fingerprint density at radius 2 is 2.16 bits per heavy atom. The fourth-order valence-corrected chi connectivity index (χ4v) is 3.33. The summed E-state index contributed by atoms with van der Waals surface area (Å²) in [4.78, 5) is 25.6. The van der Waals surface area contributed by atoms with E-state index in [2.05, 4.69) is 6.07 Å². The summed E-state index contributed by atoms with van der Waals surface area (Å²) in [5.74, 6) is -0.202. The summed E-state index contributed by atoms with van der Waals surface area (Å²) in [6.07, 6.45) is -0.0615. The molecule has 5 heteroatoms. The lowest BCUT2D eigenvalue weighted by molar-refractivity contribution is -0.138. The van der Waals surface area contributed by atoms with Gasteiger partial charge in [0.05, 0.1) is 12.1 Å². The van der Waals surface area contributed by atoms with Crippen molar-refractivity contribution in [1.82, 2.24) is 0 Å². The number of carbonyl (C=O) groups excluding carboxylic acids is 1. The first-order valence-corrected chi connectivity index (χ1v) is 7.25. The van der Waals surface area contributed by atoms with Crippen molar-refractivity contribution in [2.45, 2.75) is 37.6 Å². The predicted molar refractivity (Wildman–Crippen MR) is 75.7 cm³/mol. The molecule has 4 nitrogen and oxygen atoms in total. The number of benzene rings is 1. The summed E-state index contributed by atoms with van der Waals surface area (Å²) >= 11 is 1.75. The smallest absolute Gasteiger partial charge is 0.303 e. The Morgan fingerprint density at radius 3 is 2.84 bits per heavy atom. The van der Waals surface area contributed by atoms with Gasteiger partial charge in [-0.05, 0) is 31.5 Å². The number of fused-ring (bicyclic) bond motifs is 1. The predicted octanol–water partition coefficient (Wildman–Crippen LogP) is 2.69. The molecule has 1 atom stereocenters. The van der Waals surface area contributed by atoms with E-state index in [4.69, 9.17) is 5.11 Å². The molecule has 1 unspecified atom stereocenters. The Balaban J connectivity index is 2.25. The number of anilines is 1. The maximum absolute atomic E-state index is 12.2. The van der Waals surface area contributed by atoms with Crippen molar-refractivity contribution in [1.29, 1.82) is 0 Å². The van der Waals surface area contributed by atoms with Crippen LogP contribution in [0.15, 0.2) is 23.1 Å². The zero-order valence-corrected chi connectivity index (χ0v) is 11.9. The Labute approximate surface area is 116 Å². The SMILES string of the molecule is Cc1ccc2c(c1)SCC(C)N2C(=O)CCC(=O)O. The minimum Gasteiger partial charge on any atom is -0.481 e. The van der Waals surface area contributed by atoms with Crippen LogP contribution in [0.4, 0.5) is 5.69 Å². The summed E-state index contributed by atoms with van der Waals surface area (Å²) in [6.45, 7) is 4.02. The lowest BCUT2D eigenvalue weighted by Crippen LogP contribution is -2.42. The largest absolute Gasteiger partial charge is 0.481 e. The lowest BCUT2D eigenvalue weighted by Gasteiger charge is -2.35. The van der Waals surface area contributed by atoms with Crippen LogP contribution in [0.25, 0.3) is 0 Å². The summed E-state index contributed by atoms with van der Waals surface area (Å²) in [5, 5.41) is 8.68. The number of aryl methyl sites for hydroxylation is 1. The maximum Gasteiger partial charge on any atom is 0.303 e. The number of hydrogen-bond donors (Lipinski definition) is 1. The van der Waals surface area contributed by atoms with E-state index in [1.807, 2.05) is 26.0 Å². The molecule has 0 bridgehead atoms. The minimum absolute atomic E-state index is 0.0532. The van der Waals surface area contributed by atoms with Crippen LogP contribution in [0.3, 0.4) is 0 Å². The van der Waals surface area contributed by atoms with Crippen LogP contribution in [-0.4, -0.2) is 28.8 Å². The summed E-state index contributed by atoms with van der Waals surface area (Å²) in [7, 11) is 0. The van der Waals surface area contributed by atoms with E-state index in [1.54, 1.807) is 16.7 Å². The molecule has 0 fully saturated rings. The van der Waals surface area contributed by atoms with E-state index in [0.717, 1.165) is 16.3 Å². The lowest BCUT2D eigenvalue weighted by atomic mass is 10.1. The van der Waals surface area contributed by atoms with Gasteiger partial charge in [0.25, 0.3) is 0 Å². The van der Waals surface area contributed by atoms with Gasteiger partial charge in [-0.3, -0.25) is 9.59 Å². The third kappa shape index (κ3) is 3.10. The number of nitrogens with zero attached hydrogens (tertiary/aromatic N) is 1. The molecule has 1 aliphatic rings. The van der Waals surface area contributed by atoms with Gasteiger partial charge in [0, 0.05) is 23.1 Å². The average Bonchev–Trinajstić information content (AvgIpc) is 2.36. The van der Waals surface area contributed by atoms with Gasteiger partial charge < -0.3 is 10.0 Å². The molecule has 2 rings (SSSR count). The first-order chi connectivity index (χ1) is 8.99. The van der Waals surface area contributed by atoms with Gasteiger partial charge in [-0.2, -0.15) is 0 Å². The summed E-state index contributed by atoms with van der Waals surface area (Å²) < 4.78 is 0. The van der Waals surface area contributed by atoms with Crippen LogP contribution >= 0.6 is 11.8 Å². The van der Waals surface area contributed by atoms with Gasteiger partial charge in [-0.1, -0.05) is 6.07 Å². The van der Waals surface area contributed by atoms with Gasteiger partial charge >= 0.3 is 5.97 Å². The highest BCUT2D eigenvalue weighted by atomic mass is 32.2. The van der Waals surface area contributed by atoms with Crippen molar-refractivity contribution in [2.24, 2.45) is 0 Å². The normalized spacial score (nSPS) is 18.0. The molecular formula is C14H17NO3S. The van der Waals surface area contributed by atoms with Crippen molar-refractivity contribution in [2.75, 3.05) is 10.7 Å². The third-order valence-corrected chi connectivity index (χ3v) is 4.40. The summed E-state index contributed by atoms with van der Waals surface area (Å²) in [5.41, 5.74) is 2.07. The van der Waals surface area contributed by atoms with Gasteiger partial charge in [0.2, 0.25) is 5.91 Å². The molecule has 1 amide bonds. The fourth-order valence-electron chi connectivity index (χ4n) is 2.17. The second-order valence-electron chi connectivity index (χ2n) is 4.79. The highest BCUT2D eigenvalue weighted by molar-refractivity contribution is 7.99. The Morgan fingerprint density at radius 1 is 1.42 bits per heavy atom. The number of hydrogen-bond acceptors (Lipinski definition) is 3. The van der Waals surface area contributed by atoms with Crippen molar-refractivity contribution in [3.8, 4) is 0 Å². The Bertz CT molecular complexity index is 515. The molecule has 0 radical (unpaired) electrons. The molecule has 1 heterocycles. The van der Waals surface area contributed by atoms with E-state index in [1.165, 1.54) is 5.56 Å². The molecule has 102 valence electrons. The molecular weight excluding hydrogens is 262 g/mol. The number of carboxylic acids is 1. The highest BCUT2D eigenvalue weighted by Crippen LogP contribution is 2.38. The maximum atomic E-state index is 12.2. The fraction of sp³-hybridized carbons (Fsp3) is 0.429. The van der Waals surface area contributed by atoms with E-state index >= 15 is 0 Å². The van der Waals surface area contributed by atoms with E-state index in [-0.39, 0.29) is 24.8 Å². The number of carboxylic acid groups (broad SMARTS) is 1. The molecule has 0 saturated heterocycles. The van der Waals surface area contributed by atoms with E-state index in [9.17, 15) is 9.59 Å². The van der Waals surface area contributed by atoms with Crippen molar-refractivity contribution in [3.63, 3.8) is 0 Å². The van der Waals surface area contributed by atoms with E-state index in [0.29, 0.717) is 0 Å². The first kappa shape index (κ1) is 13.9. The number of aliphatic carboxylic acids is 1. The van der Waals surface area contributed by atoms with Crippen LogP contribution in [0.1, 0.15) is 25.3 Å². The van der Waals surface area contributed by atoms with Crippen LogP contribution in [-0.2, 0) is 9.59 Å². The average molecular weight is 279 g/mol. The second-order valence-corrected chi connectivity index (χ2v) is 5.85. The monoisotopic (exact) mass is 279 g/mol. The van der Waals surface area contributed by atoms with Crippen molar-refractivity contribution >= 4 is 29.3 Å². The van der Waals surface area contributed by atoms with Gasteiger partial charge in [-0.25, -0.2) is 0 Å². The standard InChI is InChI=1S/C14H17NO3S/c1-9-3-4-11-12(7-9)19-8-10(2)15(11)13(16)5-6-14(17)18/h3-4,7,10H,5-6,8H2,1-2H3,(H,17,18). The number of thioether (sulfide) groups is 1. The molecule has 0 spiro atoms. The second kappa shape index (κ2) is 5.65. The van der Waals surface area contributed by atoms with Crippen molar-refractivity contribution < 1.29 is 14.7 Å². The highest BCUT2D eigenvalue weighted by Gasteiger charge is 2.28. The molecule has 0 aliphatic carbocycles. The molecule has 0 aromatic heterocycles. The molecule has 1 N–H and O–H groups in total. The van der Waals surface area contributed by atoms with Gasteiger partial charge in [-0.15, -0.1) is 11.8 Å². The van der Waals surface area contributed by atoms with Gasteiger partial charge in [0.1, 0.15) is 0 Å². The number of rotatable bonds is 3. The number of carbonyl (C=O) groups is 2. The van der Waals surface area contributed by atoms with Gasteiger partial charge in [0.15, 0.2) is 0 Å². The Hall–Kier alpha value is -1.49. The molecule has 1 aliphatic heterocycles.